The molecule has 0 aromatic carbocycles. The second kappa shape index (κ2) is 4.13. The van der Waals surface area contributed by atoms with Gasteiger partial charge in [-0.05, 0) is 24.8 Å². The fraction of sp³-hybridized carbons (Fsp3) is 0.545. The number of halogens is 2. The molecule has 0 aliphatic heterocycles. The highest BCUT2D eigenvalue weighted by Gasteiger charge is 2.25. The van der Waals surface area contributed by atoms with Crippen LogP contribution in [0.5, 0.6) is 0 Å². The summed E-state index contributed by atoms with van der Waals surface area (Å²) in [7, 11) is 0. The first-order valence-corrected chi connectivity index (χ1v) is 5.22. The zero-order chi connectivity index (χ0) is 10.8. The molecule has 0 unspecified atom stereocenters. The molecule has 1 aromatic heterocycles. The predicted molar refractivity (Wildman–Crippen MR) is 54.8 cm³/mol. The number of nitrogens with zero attached hydrogens (tertiary/aromatic N) is 1. The molecule has 0 atom stereocenters. The Morgan fingerprint density at radius 3 is 2.60 bits per heavy atom. The van der Waals surface area contributed by atoms with Gasteiger partial charge in [-0.2, -0.15) is 0 Å². The van der Waals surface area contributed by atoms with Gasteiger partial charge in [0.15, 0.2) is 0 Å². The number of pyridine rings is 1. The number of aromatic nitrogens is 1. The maximum Gasteiger partial charge on any atom is 0.264 e. The van der Waals surface area contributed by atoms with E-state index >= 15 is 0 Å². The highest BCUT2D eigenvalue weighted by Crippen LogP contribution is 2.40. The van der Waals surface area contributed by atoms with Gasteiger partial charge in [-0.15, -0.1) is 0 Å². The van der Waals surface area contributed by atoms with Gasteiger partial charge in [0.25, 0.3) is 6.43 Å². The van der Waals surface area contributed by atoms with E-state index in [0.717, 1.165) is 25.7 Å². The molecule has 2 N–H and O–H groups in total. The number of nitrogens with two attached hydrogens (primary N) is 1. The SMILES string of the molecule is Nc1nccc(C(F)F)c1C1CCCC1. The van der Waals surface area contributed by atoms with Gasteiger partial charge in [0.05, 0.1) is 0 Å². The van der Waals surface area contributed by atoms with Crippen LogP contribution in [-0.2, 0) is 0 Å². The van der Waals surface area contributed by atoms with Gasteiger partial charge in [0.2, 0.25) is 0 Å². The summed E-state index contributed by atoms with van der Waals surface area (Å²) in [6.07, 6.45) is 3.01. The second-order valence-electron chi connectivity index (χ2n) is 3.98. The monoisotopic (exact) mass is 212 g/mol. The summed E-state index contributed by atoms with van der Waals surface area (Å²) < 4.78 is 25.6. The number of nitrogen functional groups attached to an aromatic ring is 1. The summed E-state index contributed by atoms with van der Waals surface area (Å²) in [5.41, 5.74) is 6.35. The van der Waals surface area contributed by atoms with Crippen molar-refractivity contribution in [1.29, 1.82) is 0 Å². The molecular formula is C11H14F2N2. The van der Waals surface area contributed by atoms with Gasteiger partial charge in [-0.1, -0.05) is 12.8 Å². The molecule has 82 valence electrons. The van der Waals surface area contributed by atoms with Crippen LogP contribution >= 0.6 is 0 Å². The fourth-order valence-electron chi connectivity index (χ4n) is 2.35. The van der Waals surface area contributed by atoms with Crippen molar-refractivity contribution < 1.29 is 8.78 Å². The van der Waals surface area contributed by atoms with Gasteiger partial charge in [0.1, 0.15) is 5.82 Å². The molecule has 0 amide bonds. The van der Waals surface area contributed by atoms with E-state index < -0.39 is 6.43 Å². The quantitative estimate of drug-likeness (QED) is 0.817. The highest BCUT2D eigenvalue weighted by molar-refractivity contribution is 5.47. The van der Waals surface area contributed by atoms with Crippen LogP contribution in [0.2, 0.25) is 0 Å². The van der Waals surface area contributed by atoms with Crippen LogP contribution in [-0.4, -0.2) is 4.98 Å². The lowest BCUT2D eigenvalue weighted by Gasteiger charge is -2.16. The number of anilines is 1. The van der Waals surface area contributed by atoms with Crippen LogP contribution in [0.1, 0.15) is 49.2 Å². The molecule has 4 heteroatoms. The minimum absolute atomic E-state index is 0.0643. The lowest BCUT2D eigenvalue weighted by molar-refractivity contribution is 0.149. The summed E-state index contributed by atoms with van der Waals surface area (Å²) in [6.45, 7) is 0. The molecule has 2 rings (SSSR count). The maximum atomic E-state index is 12.8. The van der Waals surface area contributed by atoms with Crippen molar-refractivity contribution >= 4 is 5.82 Å². The van der Waals surface area contributed by atoms with Gasteiger partial charge < -0.3 is 5.73 Å². The van der Waals surface area contributed by atoms with Crippen LogP contribution in [0.4, 0.5) is 14.6 Å². The molecule has 2 nitrogen and oxygen atoms in total. The van der Waals surface area contributed by atoms with E-state index in [1.165, 1.54) is 12.3 Å². The number of rotatable bonds is 2. The average molecular weight is 212 g/mol. The van der Waals surface area contributed by atoms with Crippen molar-refractivity contribution in [3.05, 3.63) is 23.4 Å². The smallest absolute Gasteiger partial charge is 0.264 e. The Morgan fingerprint density at radius 2 is 2.00 bits per heavy atom. The zero-order valence-electron chi connectivity index (χ0n) is 8.42. The van der Waals surface area contributed by atoms with E-state index in [0.29, 0.717) is 5.56 Å². The second-order valence-corrected chi connectivity index (χ2v) is 3.98. The maximum absolute atomic E-state index is 12.8. The van der Waals surface area contributed by atoms with Crippen LogP contribution in [0, 0.1) is 0 Å². The third-order valence-corrected chi connectivity index (χ3v) is 3.05. The standard InChI is InChI=1S/C11H14F2N2/c12-10(13)8-5-6-15-11(14)9(8)7-3-1-2-4-7/h5-7,10H,1-4H2,(H2,14,15). The van der Waals surface area contributed by atoms with Gasteiger partial charge in [-0.3, -0.25) is 0 Å². The Bertz CT molecular complexity index is 346. The van der Waals surface area contributed by atoms with Crippen molar-refractivity contribution in [2.45, 2.75) is 38.0 Å². The zero-order valence-corrected chi connectivity index (χ0v) is 8.42. The lowest BCUT2D eigenvalue weighted by Crippen LogP contribution is -2.06. The van der Waals surface area contributed by atoms with Gasteiger partial charge >= 0.3 is 0 Å². The number of hydrogen-bond donors (Lipinski definition) is 1. The van der Waals surface area contributed by atoms with E-state index in [2.05, 4.69) is 4.98 Å². The molecule has 1 aliphatic rings. The van der Waals surface area contributed by atoms with Gasteiger partial charge in [0, 0.05) is 17.3 Å². The normalized spacial score (nSPS) is 17.5. The summed E-state index contributed by atoms with van der Waals surface area (Å²) >= 11 is 0. The summed E-state index contributed by atoms with van der Waals surface area (Å²) in [4.78, 5) is 3.91. The molecule has 1 saturated carbocycles. The molecule has 1 fully saturated rings. The first-order valence-electron chi connectivity index (χ1n) is 5.22. The molecule has 0 spiro atoms. The highest BCUT2D eigenvalue weighted by atomic mass is 19.3. The topological polar surface area (TPSA) is 38.9 Å². The number of alkyl halides is 2. The summed E-state index contributed by atoms with van der Waals surface area (Å²) in [5, 5.41) is 0. The van der Waals surface area contributed by atoms with Crippen molar-refractivity contribution in [3.8, 4) is 0 Å². The van der Waals surface area contributed by atoms with Crippen molar-refractivity contribution in [2.75, 3.05) is 5.73 Å². The molecule has 1 aromatic rings. The minimum atomic E-state index is -2.45. The first-order chi connectivity index (χ1) is 7.20. The molecule has 0 saturated heterocycles. The molecular weight excluding hydrogens is 198 g/mol. The third-order valence-electron chi connectivity index (χ3n) is 3.05. The van der Waals surface area contributed by atoms with Crippen LogP contribution in [0.3, 0.4) is 0 Å². The van der Waals surface area contributed by atoms with Crippen molar-refractivity contribution in [3.63, 3.8) is 0 Å². The van der Waals surface area contributed by atoms with E-state index in [-0.39, 0.29) is 17.3 Å². The Labute approximate surface area is 87.5 Å². The summed E-state index contributed by atoms with van der Waals surface area (Å²) in [6, 6.07) is 1.38. The van der Waals surface area contributed by atoms with E-state index in [9.17, 15) is 8.78 Å². The largest absolute Gasteiger partial charge is 0.383 e. The summed E-state index contributed by atoms with van der Waals surface area (Å²) in [5.74, 6) is 0.461. The Morgan fingerprint density at radius 1 is 1.33 bits per heavy atom. The fourth-order valence-corrected chi connectivity index (χ4v) is 2.35. The molecule has 0 radical (unpaired) electrons. The lowest BCUT2D eigenvalue weighted by atomic mass is 9.94. The Balaban J connectivity index is 2.41. The molecule has 1 aliphatic carbocycles. The third kappa shape index (κ3) is 1.94. The van der Waals surface area contributed by atoms with Crippen LogP contribution < -0.4 is 5.73 Å². The predicted octanol–water partition coefficient (Wildman–Crippen LogP) is 3.26. The van der Waals surface area contributed by atoms with Crippen molar-refractivity contribution in [1.82, 2.24) is 4.98 Å². The van der Waals surface area contributed by atoms with E-state index in [1.54, 1.807) is 0 Å². The minimum Gasteiger partial charge on any atom is -0.383 e. The van der Waals surface area contributed by atoms with Crippen molar-refractivity contribution in [2.24, 2.45) is 0 Å². The number of hydrogen-bond acceptors (Lipinski definition) is 2. The first kappa shape index (κ1) is 10.3. The Kier molecular flexibility index (Phi) is 2.84. The molecule has 15 heavy (non-hydrogen) atoms. The van der Waals surface area contributed by atoms with Gasteiger partial charge in [-0.25, -0.2) is 13.8 Å². The van der Waals surface area contributed by atoms with Crippen LogP contribution in [0.25, 0.3) is 0 Å². The van der Waals surface area contributed by atoms with E-state index in [4.69, 9.17) is 5.73 Å². The van der Waals surface area contributed by atoms with Crippen LogP contribution in [0.15, 0.2) is 12.3 Å². The van der Waals surface area contributed by atoms with E-state index in [1.807, 2.05) is 0 Å². The molecule has 1 heterocycles. The average Bonchev–Trinajstić information content (AvgIpc) is 2.70. The molecule has 0 bridgehead atoms. The Hall–Kier alpha value is -1.19.